The number of carbonyl (C=O) groups is 2. The number of hydrogen-bond donors (Lipinski definition) is 2. The third kappa shape index (κ3) is 8.43. The molecule has 0 radical (unpaired) electrons. The lowest BCUT2D eigenvalue weighted by Gasteiger charge is -2.27. The maximum atomic E-state index is 12.8. The lowest BCUT2D eigenvalue weighted by molar-refractivity contribution is -0.151. The second-order valence-corrected chi connectivity index (χ2v) is 14.3. The summed E-state index contributed by atoms with van der Waals surface area (Å²) >= 11 is 0. The number of benzene rings is 2. The number of rotatable bonds is 11. The van der Waals surface area contributed by atoms with E-state index in [1.165, 1.54) is 11.1 Å². The highest BCUT2D eigenvalue weighted by molar-refractivity contribution is 5.74. The first-order chi connectivity index (χ1) is 21.8. The summed E-state index contributed by atoms with van der Waals surface area (Å²) in [6.07, 6.45) is 8.91. The van der Waals surface area contributed by atoms with E-state index in [0.717, 1.165) is 59.1 Å². The van der Waals surface area contributed by atoms with Crippen molar-refractivity contribution >= 4 is 11.9 Å². The van der Waals surface area contributed by atoms with Gasteiger partial charge in [-0.05, 0) is 93.4 Å². The molecule has 0 aliphatic heterocycles. The SMILES string of the molecule is CC1=CC(C)C(C(=O)OCCc2cc(C)c(O)c(C(c3cc(CCOC(=O)C4CCC(C)=CC4C)cc(C)c3O)C(C)C)c2)CC1. The molecule has 0 bridgehead atoms. The number of carbonyl (C=O) groups excluding carboxylic acids is 2. The van der Waals surface area contributed by atoms with E-state index in [4.69, 9.17) is 9.47 Å². The maximum Gasteiger partial charge on any atom is 0.309 e. The summed E-state index contributed by atoms with van der Waals surface area (Å²) in [6.45, 7) is 16.8. The molecule has 0 amide bonds. The molecular formula is C40H54O6. The lowest BCUT2D eigenvalue weighted by Crippen LogP contribution is -2.26. The van der Waals surface area contributed by atoms with Crippen molar-refractivity contribution in [2.45, 2.75) is 99.8 Å². The van der Waals surface area contributed by atoms with Gasteiger partial charge in [-0.2, -0.15) is 0 Å². The second kappa shape index (κ2) is 15.4. The molecule has 0 fully saturated rings. The van der Waals surface area contributed by atoms with E-state index in [9.17, 15) is 19.8 Å². The molecule has 4 rings (SSSR count). The predicted molar refractivity (Wildman–Crippen MR) is 183 cm³/mol. The second-order valence-electron chi connectivity index (χ2n) is 14.3. The van der Waals surface area contributed by atoms with Crippen LogP contribution in [0.15, 0.2) is 47.6 Å². The summed E-state index contributed by atoms with van der Waals surface area (Å²) in [6, 6.07) is 7.86. The van der Waals surface area contributed by atoms with Gasteiger partial charge in [-0.25, -0.2) is 0 Å². The molecule has 2 aromatic rings. The molecule has 4 atom stereocenters. The van der Waals surface area contributed by atoms with Crippen LogP contribution in [0.4, 0.5) is 0 Å². The van der Waals surface area contributed by atoms with E-state index >= 15 is 0 Å². The topological polar surface area (TPSA) is 93.1 Å². The molecule has 4 unspecified atom stereocenters. The molecular weight excluding hydrogens is 576 g/mol. The quantitative estimate of drug-likeness (QED) is 0.191. The van der Waals surface area contributed by atoms with Gasteiger partial charge in [-0.3, -0.25) is 9.59 Å². The van der Waals surface area contributed by atoms with Gasteiger partial charge in [0.15, 0.2) is 0 Å². The zero-order valence-corrected chi connectivity index (χ0v) is 29.1. The van der Waals surface area contributed by atoms with Gasteiger partial charge in [0.25, 0.3) is 0 Å². The van der Waals surface area contributed by atoms with Crippen molar-refractivity contribution in [1.29, 1.82) is 0 Å². The summed E-state index contributed by atoms with van der Waals surface area (Å²) in [7, 11) is 0. The smallest absolute Gasteiger partial charge is 0.309 e. The minimum Gasteiger partial charge on any atom is -0.507 e. The zero-order valence-electron chi connectivity index (χ0n) is 29.1. The molecule has 2 aliphatic rings. The van der Waals surface area contributed by atoms with Crippen molar-refractivity contribution in [3.63, 3.8) is 0 Å². The van der Waals surface area contributed by atoms with Crippen molar-refractivity contribution in [3.05, 3.63) is 80.9 Å². The monoisotopic (exact) mass is 630 g/mol. The Morgan fingerprint density at radius 3 is 1.46 bits per heavy atom. The number of aryl methyl sites for hydroxylation is 2. The first-order valence-electron chi connectivity index (χ1n) is 17.1. The van der Waals surface area contributed by atoms with Gasteiger partial charge in [0, 0.05) is 29.9 Å². The zero-order chi connectivity index (χ0) is 33.7. The molecule has 6 heteroatoms. The summed E-state index contributed by atoms with van der Waals surface area (Å²) in [4.78, 5) is 25.7. The molecule has 2 N–H and O–H groups in total. The number of phenolic OH excluding ortho intramolecular Hbond substituents is 2. The number of phenols is 2. The molecule has 2 aliphatic carbocycles. The Kier molecular flexibility index (Phi) is 11.8. The summed E-state index contributed by atoms with van der Waals surface area (Å²) < 4.78 is 11.5. The Morgan fingerprint density at radius 1 is 0.717 bits per heavy atom. The Hall–Kier alpha value is -3.54. The van der Waals surface area contributed by atoms with Crippen molar-refractivity contribution in [3.8, 4) is 11.5 Å². The normalized spacial score (nSPS) is 22.2. The highest BCUT2D eigenvalue weighted by Gasteiger charge is 2.30. The van der Waals surface area contributed by atoms with Crippen molar-refractivity contribution in [2.75, 3.05) is 13.2 Å². The number of aromatic hydroxyl groups is 2. The van der Waals surface area contributed by atoms with E-state index in [0.29, 0.717) is 12.8 Å². The van der Waals surface area contributed by atoms with E-state index in [-0.39, 0.29) is 72.2 Å². The molecule has 0 saturated carbocycles. The predicted octanol–water partition coefficient (Wildman–Crippen LogP) is 8.66. The van der Waals surface area contributed by atoms with Crippen LogP contribution in [0.5, 0.6) is 11.5 Å². The highest BCUT2D eigenvalue weighted by Crippen LogP contribution is 2.43. The van der Waals surface area contributed by atoms with Gasteiger partial charge < -0.3 is 19.7 Å². The number of ether oxygens (including phenoxy) is 2. The molecule has 250 valence electrons. The van der Waals surface area contributed by atoms with Gasteiger partial charge in [0.1, 0.15) is 11.5 Å². The maximum absolute atomic E-state index is 12.8. The molecule has 6 nitrogen and oxygen atoms in total. The van der Waals surface area contributed by atoms with E-state index < -0.39 is 0 Å². The summed E-state index contributed by atoms with van der Waals surface area (Å²) in [5, 5.41) is 22.6. The van der Waals surface area contributed by atoms with Crippen LogP contribution in [-0.2, 0) is 31.9 Å². The van der Waals surface area contributed by atoms with Crippen molar-refractivity contribution in [1.82, 2.24) is 0 Å². The van der Waals surface area contributed by atoms with E-state index in [1.807, 2.05) is 38.1 Å². The van der Waals surface area contributed by atoms with Crippen LogP contribution in [-0.4, -0.2) is 35.4 Å². The minimum atomic E-state index is -0.279. The molecule has 2 aromatic carbocycles. The van der Waals surface area contributed by atoms with Gasteiger partial charge in [-0.15, -0.1) is 0 Å². The first-order valence-corrected chi connectivity index (χ1v) is 17.1. The molecule has 0 spiro atoms. The van der Waals surface area contributed by atoms with Crippen LogP contribution < -0.4 is 0 Å². The Bertz CT molecular complexity index is 1370. The summed E-state index contributed by atoms with van der Waals surface area (Å²) in [5.41, 5.74) is 7.57. The molecule has 0 aromatic heterocycles. The fourth-order valence-electron chi connectivity index (χ4n) is 7.42. The van der Waals surface area contributed by atoms with Crippen molar-refractivity contribution < 1.29 is 29.3 Å². The van der Waals surface area contributed by atoms with Gasteiger partial charge in [-0.1, -0.05) is 75.3 Å². The molecule has 0 saturated heterocycles. The summed E-state index contributed by atoms with van der Waals surface area (Å²) in [5.74, 6) is 0.0542. The average Bonchev–Trinajstić information content (AvgIpc) is 2.97. The number of hydrogen-bond acceptors (Lipinski definition) is 6. The fourth-order valence-corrected chi connectivity index (χ4v) is 7.42. The standard InChI is InChI=1S/C40H54O6/c1-23(2)36(34-21-30(19-28(7)37(34)41)13-15-45-39(43)32-11-9-24(3)17-26(32)5)35-22-31(20-29(8)38(35)42)14-16-46-40(44)33-12-10-25(4)18-27(33)6/h17-23,26-27,32-33,36,41-42H,9-16H2,1-8H3. The largest absolute Gasteiger partial charge is 0.507 e. The number of allylic oxidation sites excluding steroid dienone is 4. The van der Waals surface area contributed by atoms with E-state index in [1.54, 1.807) is 0 Å². The Morgan fingerprint density at radius 2 is 1.11 bits per heavy atom. The average molecular weight is 631 g/mol. The van der Waals surface area contributed by atoms with E-state index in [2.05, 4.69) is 53.7 Å². The van der Waals surface area contributed by atoms with Crippen LogP contribution in [0, 0.1) is 43.4 Å². The van der Waals surface area contributed by atoms with Crippen LogP contribution in [0.1, 0.15) is 107 Å². The van der Waals surface area contributed by atoms with Gasteiger partial charge in [0.2, 0.25) is 0 Å². The third-order valence-electron chi connectivity index (χ3n) is 10.1. The molecule has 46 heavy (non-hydrogen) atoms. The third-order valence-corrected chi connectivity index (χ3v) is 10.1. The highest BCUT2D eigenvalue weighted by atomic mass is 16.5. The number of esters is 2. The van der Waals surface area contributed by atoms with Crippen molar-refractivity contribution in [2.24, 2.45) is 29.6 Å². The van der Waals surface area contributed by atoms with Crippen LogP contribution >= 0.6 is 0 Å². The lowest BCUT2D eigenvalue weighted by atomic mass is 9.79. The Balaban J connectivity index is 1.49. The molecule has 0 heterocycles. The first kappa shape index (κ1) is 35.3. The van der Waals surface area contributed by atoms with Crippen LogP contribution in [0.3, 0.4) is 0 Å². The van der Waals surface area contributed by atoms with Gasteiger partial charge >= 0.3 is 11.9 Å². The van der Waals surface area contributed by atoms with Gasteiger partial charge in [0.05, 0.1) is 25.0 Å². The van der Waals surface area contributed by atoms with Crippen LogP contribution in [0.25, 0.3) is 0 Å². The minimum absolute atomic E-state index is 0.0605. The Labute approximate surface area is 275 Å². The fraction of sp³-hybridized carbons (Fsp3) is 0.550. The van der Waals surface area contributed by atoms with Crippen LogP contribution in [0.2, 0.25) is 0 Å².